The molecule has 0 unspecified atom stereocenters. The number of benzene rings is 2. The summed E-state index contributed by atoms with van der Waals surface area (Å²) in [6.07, 6.45) is 1.56. The third kappa shape index (κ3) is 4.24. The Morgan fingerprint density at radius 1 is 1.24 bits per heavy atom. The Balaban J connectivity index is 1.37. The predicted octanol–water partition coefficient (Wildman–Crippen LogP) is 4.83. The Morgan fingerprint density at radius 3 is 2.76 bits per heavy atom. The first kappa shape index (κ1) is 22.0. The van der Waals surface area contributed by atoms with Crippen LogP contribution in [0.5, 0.6) is 5.75 Å². The van der Waals surface area contributed by atoms with Crippen molar-refractivity contribution in [3.8, 4) is 5.75 Å². The summed E-state index contributed by atoms with van der Waals surface area (Å²) in [4.78, 5) is 25.4. The molecule has 2 amide bonds. The molecule has 0 aliphatic carbocycles. The Labute approximate surface area is 201 Å². The van der Waals surface area contributed by atoms with E-state index in [1.807, 2.05) is 24.3 Å². The summed E-state index contributed by atoms with van der Waals surface area (Å²) < 4.78 is 11.2. The van der Waals surface area contributed by atoms with Crippen LogP contribution < -0.4 is 15.4 Å². The highest BCUT2D eigenvalue weighted by Crippen LogP contribution is 2.35. The number of halogens is 1. The Bertz CT molecular complexity index is 1260. The number of furan rings is 1. The molecule has 3 heterocycles. The second kappa shape index (κ2) is 8.87. The molecule has 3 atom stereocenters. The van der Waals surface area contributed by atoms with Crippen molar-refractivity contribution in [1.29, 1.82) is 0 Å². The van der Waals surface area contributed by atoms with Crippen LogP contribution >= 0.6 is 11.6 Å². The lowest BCUT2D eigenvalue weighted by Crippen LogP contribution is -2.39. The number of carbonyl (C=O) groups excluding carboxylic acids is 2. The lowest BCUT2D eigenvalue weighted by molar-refractivity contribution is -0.133. The van der Waals surface area contributed by atoms with Crippen LogP contribution in [0.4, 0.5) is 11.4 Å². The van der Waals surface area contributed by atoms with Gasteiger partial charge < -0.3 is 19.8 Å². The molecular formula is C25H23ClN4O4. The average molecular weight is 479 g/mol. The molecule has 2 N–H and O–H groups in total. The minimum absolute atomic E-state index is 0.211. The number of anilines is 2. The highest BCUT2D eigenvalue weighted by Gasteiger charge is 2.37. The molecule has 5 rings (SSSR count). The van der Waals surface area contributed by atoms with E-state index in [2.05, 4.69) is 15.7 Å². The van der Waals surface area contributed by atoms with Crippen LogP contribution in [0.15, 0.2) is 70.4 Å². The number of amides is 2. The van der Waals surface area contributed by atoms with Crippen molar-refractivity contribution in [2.45, 2.75) is 38.5 Å². The summed E-state index contributed by atoms with van der Waals surface area (Å²) in [6, 6.07) is 15.4. The van der Waals surface area contributed by atoms with Crippen LogP contribution in [0, 0.1) is 0 Å². The van der Waals surface area contributed by atoms with E-state index >= 15 is 0 Å². The van der Waals surface area contributed by atoms with Gasteiger partial charge in [0.1, 0.15) is 23.6 Å². The summed E-state index contributed by atoms with van der Waals surface area (Å²) in [5, 5.41) is 12.8. The van der Waals surface area contributed by atoms with Crippen LogP contribution in [-0.4, -0.2) is 34.7 Å². The zero-order valence-corrected chi connectivity index (χ0v) is 19.4. The number of fused-ring (bicyclic) bond motifs is 1. The number of nitrogens with one attached hydrogen (secondary N) is 2. The zero-order chi connectivity index (χ0) is 23.8. The van der Waals surface area contributed by atoms with Gasteiger partial charge in [-0.05, 0) is 61.9 Å². The number of rotatable bonds is 5. The van der Waals surface area contributed by atoms with Gasteiger partial charge in [-0.25, -0.2) is 5.01 Å². The van der Waals surface area contributed by atoms with Crippen molar-refractivity contribution in [3.63, 3.8) is 0 Å². The molecule has 1 aromatic heterocycles. The molecule has 34 heavy (non-hydrogen) atoms. The Morgan fingerprint density at radius 2 is 2.03 bits per heavy atom. The number of hydrazone groups is 1. The first-order valence-electron chi connectivity index (χ1n) is 11.0. The van der Waals surface area contributed by atoms with Crippen LogP contribution in [0.3, 0.4) is 0 Å². The molecule has 0 saturated heterocycles. The van der Waals surface area contributed by atoms with E-state index in [4.69, 9.17) is 20.8 Å². The van der Waals surface area contributed by atoms with E-state index in [9.17, 15) is 9.59 Å². The van der Waals surface area contributed by atoms with Gasteiger partial charge in [0.15, 0.2) is 6.10 Å². The molecule has 8 nitrogen and oxygen atoms in total. The van der Waals surface area contributed by atoms with Gasteiger partial charge in [0.2, 0.25) is 0 Å². The van der Waals surface area contributed by atoms with E-state index in [1.165, 1.54) is 5.01 Å². The van der Waals surface area contributed by atoms with Crippen molar-refractivity contribution in [2.75, 3.05) is 10.6 Å². The lowest BCUT2D eigenvalue weighted by atomic mass is 10.0. The molecule has 9 heteroatoms. The minimum Gasteiger partial charge on any atom is -0.479 e. The molecule has 174 valence electrons. The first-order chi connectivity index (χ1) is 16.4. The summed E-state index contributed by atoms with van der Waals surface area (Å²) in [5.41, 5.74) is 2.91. The van der Waals surface area contributed by atoms with Gasteiger partial charge >= 0.3 is 0 Å². The normalized spacial score (nSPS) is 20.1. The minimum atomic E-state index is -0.594. The van der Waals surface area contributed by atoms with E-state index in [0.29, 0.717) is 34.3 Å². The molecule has 3 aromatic rings. The maximum atomic E-state index is 13.5. The smallest absolute Gasteiger partial charge is 0.265 e. The number of ether oxygens (including phenoxy) is 1. The van der Waals surface area contributed by atoms with Crippen molar-refractivity contribution in [1.82, 2.24) is 5.01 Å². The number of hydrogen-bond acceptors (Lipinski definition) is 6. The average Bonchev–Trinajstić information content (AvgIpc) is 3.50. The summed E-state index contributed by atoms with van der Waals surface area (Å²) in [5.74, 6) is 0.829. The topological polar surface area (TPSA) is 96.2 Å². The molecule has 0 spiro atoms. The number of carbonyl (C=O) groups is 2. The SMILES string of the molecule is C[C@H](Nc1ccc2c(c1)NC(=O)[C@H](C)O2)C(=O)N1N=C(c2ccc(Cl)cc2)C[C@H]1c1ccco1. The quantitative estimate of drug-likeness (QED) is 0.547. The molecule has 2 aliphatic heterocycles. The monoisotopic (exact) mass is 478 g/mol. The highest BCUT2D eigenvalue weighted by molar-refractivity contribution is 6.30. The summed E-state index contributed by atoms with van der Waals surface area (Å²) >= 11 is 6.03. The molecule has 2 aromatic carbocycles. The van der Waals surface area contributed by atoms with Crippen LogP contribution in [0.2, 0.25) is 5.02 Å². The van der Waals surface area contributed by atoms with E-state index < -0.39 is 12.1 Å². The maximum Gasteiger partial charge on any atom is 0.265 e. The van der Waals surface area contributed by atoms with E-state index in [-0.39, 0.29) is 17.9 Å². The van der Waals surface area contributed by atoms with Crippen LogP contribution in [-0.2, 0) is 9.59 Å². The molecule has 0 fully saturated rings. The van der Waals surface area contributed by atoms with Gasteiger partial charge in [-0.15, -0.1) is 0 Å². The zero-order valence-electron chi connectivity index (χ0n) is 18.6. The van der Waals surface area contributed by atoms with E-state index in [0.717, 1.165) is 11.3 Å². The third-order valence-corrected chi connectivity index (χ3v) is 6.10. The molecular weight excluding hydrogens is 456 g/mol. The molecule has 0 radical (unpaired) electrons. The fraction of sp³-hybridized carbons (Fsp3) is 0.240. The number of hydrogen-bond donors (Lipinski definition) is 2. The standard InChI is InChI=1S/C25H23ClN4O4/c1-14(27-18-9-10-22-20(12-18)28-24(31)15(2)34-22)25(32)30-21(23-4-3-11-33-23)13-19(29-30)16-5-7-17(26)8-6-16/h3-12,14-15,21,27H,13H2,1-2H3,(H,28,31)/t14-,15-,21-/m0/s1. The van der Waals surface area contributed by atoms with Gasteiger partial charge in [-0.1, -0.05) is 23.7 Å². The highest BCUT2D eigenvalue weighted by atomic mass is 35.5. The fourth-order valence-corrected chi connectivity index (χ4v) is 4.17. The number of nitrogens with zero attached hydrogens (tertiary/aromatic N) is 2. The largest absolute Gasteiger partial charge is 0.479 e. The Kier molecular flexibility index (Phi) is 5.75. The fourth-order valence-electron chi connectivity index (χ4n) is 4.04. The van der Waals surface area contributed by atoms with Crippen LogP contribution in [0.1, 0.15) is 37.6 Å². The molecule has 0 bridgehead atoms. The van der Waals surface area contributed by atoms with E-state index in [1.54, 1.807) is 50.4 Å². The van der Waals surface area contributed by atoms with Crippen molar-refractivity contribution >= 4 is 40.5 Å². The van der Waals surface area contributed by atoms with Gasteiger partial charge in [0, 0.05) is 17.1 Å². The molecule has 2 aliphatic rings. The lowest BCUT2D eigenvalue weighted by Gasteiger charge is -2.26. The van der Waals surface area contributed by atoms with Gasteiger partial charge in [-0.3, -0.25) is 9.59 Å². The molecule has 0 saturated carbocycles. The Hall–Kier alpha value is -3.78. The van der Waals surface area contributed by atoms with Crippen molar-refractivity contribution in [3.05, 3.63) is 77.2 Å². The van der Waals surface area contributed by atoms with Gasteiger partial charge in [-0.2, -0.15) is 5.10 Å². The van der Waals surface area contributed by atoms with Crippen LogP contribution in [0.25, 0.3) is 0 Å². The maximum absolute atomic E-state index is 13.5. The van der Waals surface area contributed by atoms with Crippen molar-refractivity contribution in [2.24, 2.45) is 5.10 Å². The summed E-state index contributed by atoms with van der Waals surface area (Å²) in [6.45, 7) is 3.46. The van der Waals surface area contributed by atoms with Crippen molar-refractivity contribution < 1.29 is 18.7 Å². The van der Waals surface area contributed by atoms with Gasteiger partial charge in [0.25, 0.3) is 11.8 Å². The summed E-state index contributed by atoms with van der Waals surface area (Å²) in [7, 11) is 0. The second-order valence-corrected chi connectivity index (χ2v) is 8.73. The first-order valence-corrected chi connectivity index (χ1v) is 11.3. The third-order valence-electron chi connectivity index (χ3n) is 5.85. The predicted molar refractivity (Wildman–Crippen MR) is 129 cm³/mol. The van der Waals surface area contributed by atoms with Gasteiger partial charge in [0.05, 0.1) is 17.7 Å². The second-order valence-electron chi connectivity index (χ2n) is 8.30.